The van der Waals surface area contributed by atoms with E-state index >= 15 is 0 Å². The number of hydrogen-bond acceptors (Lipinski definition) is 3. The number of aromatic nitrogens is 1. The lowest BCUT2D eigenvalue weighted by molar-refractivity contribution is 1.38. The largest absolute Gasteiger partial charge is 0.332 e. The zero-order valence-corrected chi connectivity index (χ0v) is 15.1. The number of hydrogen-bond donors (Lipinski definition) is 1. The van der Waals surface area contributed by atoms with E-state index in [-0.39, 0.29) is 0 Å². The maximum Gasteiger partial charge on any atom is 0.187 e. The highest BCUT2D eigenvalue weighted by atomic mass is 127. The molecule has 0 amide bonds. The Morgan fingerprint density at radius 3 is 2.48 bits per heavy atom. The van der Waals surface area contributed by atoms with Gasteiger partial charge in [0.1, 0.15) is 0 Å². The van der Waals surface area contributed by atoms with Crippen LogP contribution in [0.1, 0.15) is 0 Å². The molecule has 0 fully saturated rings. The Hall–Kier alpha value is -1.92. The highest BCUT2D eigenvalue weighted by Gasteiger charge is 2.05. The minimum atomic E-state index is 0.911. The second-order valence-corrected chi connectivity index (χ2v) is 7.34. The second-order valence-electron chi connectivity index (χ2n) is 5.23. The third kappa shape index (κ3) is 3.23. The molecular formula is C19H13IN2S. The van der Waals surface area contributed by atoms with Gasteiger partial charge in [-0.15, -0.1) is 11.3 Å². The number of thiazole rings is 1. The molecule has 2 nitrogen and oxygen atoms in total. The van der Waals surface area contributed by atoms with Crippen molar-refractivity contribution in [2.75, 3.05) is 5.32 Å². The summed E-state index contributed by atoms with van der Waals surface area (Å²) < 4.78 is 1.23. The van der Waals surface area contributed by atoms with Crippen molar-refractivity contribution in [3.63, 3.8) is 0 Å². The zero-order chi connectivity index (χ0) is 15.6. The van der Waals surface area contributed by atoms with Gasteiger partial charge in [-0.05, 0) is 57.6 Å². The second kappa shape index (κ2) is 6.29. The smallest absolute Gasteiger partial charge is 0.187 e. The SMILES string of the molecule is Ic1ccc(-c2csc(Nc3ccc4ccccc4c3)n2)cc1. The average Bonchev–Trinajstić information content (AvgIpc) is 3.04. The van der Waals surface area contributed by atoms with Crippen LogP contribution in [0, 0.1) is 3.57 Å². The van der Waals surface area contributed by atoms with Crippen LogP contribution in [0.25, 0.3) is 22.0 Å². The summed E-state index contributed by atoms with van der Waals surface area (Å²) in [6.45, 7) is 0. The Kier molecular flexibility index (Phi) is 4.01. The number of anilines is 2. The van der Waals surface area contributed by atoms with E-state index in [0.717, 1.165) is 22.1 Å². The molecule has 1 N–H and O–H groups in total. The highest BCUT2D eigenvalue weighted by Crippen LogP contribution is 2.28. The Bertz CT molecular complexity index is 960. The number of halogens is 1. The maximum atomic E-state index is 4.69. The molecule has 112 valence electrons. The van der Waals surface area contributed by atoms with Crippen LogP contribution in [0.15, 0.2) is 72.1 Å². The number of nitrogens with zero attached hydrogens (tertiary/aromatic N) is 1. The van der Waals surface area contributed by atoms with Gasteiger partial charge in [0.15, 0.2) is 5.13 Å². The predicted molar refractivity (Wildman–Crippen MR) is 107 cm³/mol. The van der Waals surface area contributed by atoms with Gasteiger partial charge in [0.25, 0.3) is 0 Å². The van der Waals surface area contributed by atoms with Crippen molar-refractivity contribution < 1.29 is 0 Å². The van der Waals surface area contributed by atoms with Gasteiger partial charge in [0.05, 0.1) is 5.69 Å². The van der Waals surface area contributed by atoms with E-state index in [9.17, 15) is 0 Å². The first kappa shape index (κ1) is 14.7. The molecule has 0 aliphatic heterocycles. The van der Waals surface area contributed by atoms with Gasteiger partial charge in [-0.2, -0.15) is 0 Å². The molecule has 0 aliphatic rings. The van der Waals surface area contributed by atoms with Crippen LogP contribution in [-0.4, -0.2) is 4.98 Å². The Labute approximate surface area is 152 Å². The van der Waals surface area contributed by atoms with E-state index in [1.54, 1.807) is 11.3 Å². The third-order valence-electron chi connectivity index (χ3n) is 3.64. The molecule has 0 radical (unpaired) electrons. The first-order valence-electron chi connectivity index (χ1n) is 7.25. The predicted octanol–water partition coefficient (Wildman–Crippen LogP) is 6.31. The van der Waals surface area contributed by atoms with Gasteiger partial charge in [-0.3, -0.25) is 0 Å². The minimum Gasteiger partial charge on any atom is -0.332 e. The molecule has 23 heavy (non-hydrogen) atoms. The fraction of sp³-hybridized carbons (Fsp3) is 0. The van der Waals surface area contributed by atoms with Gasteiger partial charge < -0.3 is 5.32 Å². The van der Waals surface area contributed by atoms with E-state index in [2.05, 4.69) is 100 Å². The summed E-state index contributed by atoms with van der Waals surface area (Å²) in [4.78, 5) is 4.69. The topological polar surface area (TPSA) is 24.9 Å². The summed E-state index contributed by atoms with van der Waals surface area (Å²) in [6, 6.07) is 23.2. The molecule has 4 heteroatoms. The lowest BCUT2D eigenvalue weighted by Gasteiger charge is -2.04. The van der Waals surface area contributed by atoms with Gasteiger partial charge in [0, 0.05) is 20.2 Å². The molecule has 1 aromatic heterocycles. The first-order chi connectivity index (χ1) is 11.3. The molecule has 4 rings (SSSR count). The molecule has 0 saturated carbocycles. The van der Waals surface area contributed by atoms with E-state index < -0.39 is 0 Å². The van der Waals surface area contributed by atoms with Crippen LogP contribution in [0.5, 0.6) is 0 Å². The monoisotopic (exact) mass is 428 g/mol. The lowest BCUT2D eigenvalue weighted by atomic mass is 10.1. The molecule has 4 aromatic rings. The molecule has 0 bridgehead atoms. The molecule has 3 aromatic carbocycles. The summed E-state index contributed by atoms with van der Waals surface area (Å²) in [5.41, 5.74) is 3.22. The van der Waals surface area contributed by atoms with Crippen molar-refractivity contribution in [3.05, 3.63) is 75.7 Å². The zero-order valence-electron chi connectivity index (χ0n) is 12.2. The first-order valence-corrected chi connectivity index (χ1v) is 9.21. The van der Waals surface area contributed by atoms with Crippen LogP contribution >= 0.6 is 33.9 Å². The van der Waals surface area contributed by atoms with E-state index in [1.165, 1.54) is 14.3 Å². The molecule has 0 saturated heterocycles. The molecule has 0 unspecified atom stereocenters. The normalized spacial score (nSPS) is 10.8. The minimum absolute atomic E-state index is 0.911. The molecule has 0 atom stereocenters. The van der Waals surface area contributed by atoms with Gasteiger partial charge in [-0.1, -0.05) is 42.5 Å². The summed E-state index contributed by atoms with van der Waals surface area (Å²) in [5.74, 6) is 0. The quantitative estimate of drug-likeness (QED) is 0.387. The van der Waals surface area contributed by atoms with Crippen LogP contribution in [0.2, 0.25) is 0 Å². The van der Waals surface area contributed by atoms with Crippen LogP contribution < -0.4 is 5.32 Å². The molecular weight excluding hydrogens is 415 g/mol. The van der Waals surface area contributed by atoms with Crippen LogP contribution in [0.3, 0.4) is 0 Å². The van der Waals surface area contributed by atoms with Crippen molar-refractivity contribution in [3.8, 4) is 11.3 Å². The summed E-state index contributed by atoms with van der Waals surface area (Å²) >= 11 is 3.94. The van der Waals surface area contributed by atoms with Gasteiger partial charge in [-0.25, -0.2) is 4.98 Å². The van der Waals surface area contributed by atoms with Crippen molar-refractivity contribution in [2.24, 2.45) is 0 Å². The Morgan fingerprint density at radius 2 is 1.65 bits per heavy atom. The third-order valence-corrected chi connectivity index (χ3v) is 5.12. The highest BCUT2D eigenvalue weighted by molar-refractivity contribution is 14.1. The maximum absolute atomic E-state index is 4.69. The van der Waals surface area contributed by atoms with Crippen molar-refractivity contribution >= 4 is 55.5 Å². The Balaban J connectivity index is 1.60. The fourth-order valence-electron chi connectivity index (χ4n) is 2.47. The van der Waals surface area contributed by atoms with Crippen molar-refractivity contribution in [1.82, 2.24) is 4.98 Å². The van der Waals surface area contributed by atoms with Gasteiger partial charge in [0.2, 0.25) is 0 Å². The standard InChI is InChI=1S/C19H13IN2S/c20-16-8-5-14(6-9-16)18-12-23-19(22-18)21-17-10-7-13-3-1-2-4-15(13)11-17/h1-12H,(H,21,22). The lowest BCUT2D eigenvalue weighted by Crippen LogP contribution is -1.89. The number of rotatable bonds is 3. The summed E-state index contributed by atoms with van der Waals surface area (Å²) in [5, 5.41) is 8.88. The number of benzene rings is 3. The van der Waals surface area contributed by atoms with E-state index in [4.69, 9.17) is 4.98 Å². The van der Waals surface area contributed by atoms with Crippen LogP contribution in [-0.2, 0) is 0 Å². The van der Waals surface area contributed by atoms with E-state index in [0.29, 0.717) is 0 Å². The molecule has 1 heterocycles. The summed E-state index contributed by atoms with van der Waals surface area (Å²) in [7, 11) is 0. The molecule has 0 aliphatic carbocycles. The average molecular weight is 428 g/mol. The summed E-state index contributed by atoms with van der Waals surface area (Å²) in [6.07, 6.45) is 0. The molecule has 0 spiro atoms. The van der Waals surface area contributed by atoms with Crippen LogP contribution in [0.4, 0.5) is 10.8 Å². The number of fused-ring (bicyclic) bond motifs is 1. The van der Waals surface area contributed by atoms with Crippen molar-refractivity contribution in [2.45, 2.75) is 0 Å². The van der Waals surface area contributed by atoms with E-state index in [1.807, 2.05) is 0 Å². The Morgan fingerprint density at radius 1 is 0.870 bits per heavy atom. The van der Waals surface area contributed by atoms with Gasteiger partial charge >= 0.3 is 0 Å². The fourth-order valence-corrected chi connectivity index (χ4v) is 3.57. The number of nitrogens with one attached hydrogen (secondary N) is 1. The van der Waals surface area contributed by atoms with Crippen molar-refractivity contribution in [1.29, 1.82) is 0 Å².